The molecule has 22 valence electrons. The van der Waals surface area contributed by atoms with Crippen LogP contribution in [0.3, 0.4) is 0 Å². The summed E-state index contributed by atoms with van der Waals surface area (Å²) < 4.78 is 0. The van der Waals surface area contributed by atoms with E-state index in [0.29, 0.717) is 0 Å². The maximum atomic E-state index is 2.52. The second kappa shape index (κ2) is 4.12. The summed E-state index contributed by atoms with van der Waals surface area (Å²) in [5.41, 5.74) is 0. The Morgan fingerprint density at radius 3 is 1.25 bits per heavy atom. The topological polar surface area (TPSA) is 0 Å². The summed E-state index contributed by atoms with van der Waals surface area (Å²) in [7, 11) is 0. The van der Waals surface area contributed by atoms with Crippen molar-refractivity contribution in [1.82, 2.24) is 0 Å². The van der Waals surface area contributed by atoms with Gasteiger partial charge in [0.05, 0.1) is 0 Å². The van der Waals surface area contributed by atoms with Crippen molar-refractivity contribution in [2.75, 3.05) is 0 Å². The third-order valence-corrected chi connectivity index (χ3v) is 2.70. The van der Waals surface area contributed by atoms with Gasteiger partial charge in [0.15, 0.2) is 0 Å². The van der Waals surface area contributed by atoms with Gasteiger partial charge in [0.2, 0.25) is 0 Å². The summed E-state index contributed by atoms with van der Waals surface area (Å²) in [5, 5.41) is 2.46. The van der Waals surface area contributed by atoms with E-state index < -0.39 is 0 Å². The Morgan fingerprint density at radius 1 is 1.00 bits per heavy atom. The van der Waals surface area contributed by atoms with Gasteiger partial charge in [-0.25, -0.2) is 0 Å². The summed E-state index contributed by atoms with van der Waals surface area (Å²) in [4.78, 5) is 0. The van der Waals surface area contributed by atoms with Crippen molar-refractivity contribution in [1.29, 1.82) is 0 Å². The van der Waals surface area contributed by atoms with E-state index in [2.05, 4.69) is 33.7 Å². The molecular weight excluding hydrogens is 174 g/mol. The molecule has 0 aliphatic carbocycles. The Balaban J connectivity index is 1.97. The number of hydrogen-bond acceptors (Lipinski definition) is 0. The minimum atomic E-state index is 1.23. The number of hydrogen-bond donors (Lipinski definition) is 0. The molecule has 0 spiro atoms. The summed E-state index contributed by atoms with van der Waals surface area (Å²) in [6.07, 6.45) is 0. The van der Waals surface area contributed by atoms with Crippen LogP contribution in [0.15, 0.2) is 0 Å². The summed E-state index contributed by atoms with van der Waals surface area (Å²) in [5.74, 6) is 0. The van der Waals surface area contributed by atoms with Crippen LogP contribution in [-0.2, 0) is 0 Å². The molecule has 0 aliphatic rings. The first-order valence-electron chi connectivity index (χ1n) is 1.13. The Hall–Kier alpha value is 1.12. The van der Waals surface area contributed by atoms with Gasteiger partial charge in [0, 0.05) is 0 Å². The zero-order chi connectivity index (χ0) is 3.41. The van der Waals surface area contributed by atoms with Gasteiger partial charge in [-0.05, 0) is 0 Å². The summed E-state index contributed by atoms with van der Waals surface area (Å²) >= 11 is 5.04. The predicted octanol–water partition coefficient (Wildman–Crippen LogP) is 0.160. The van der Waals surface area contributed by atoms with Crippen LogP contribution in [0, 0.1) is 0 Å². The molecule has 0 aromatic rings. The molecule has 0 aromatic heterocycles. The van der Waals surface area contributed by atoms with E-state index in [1.807, 2.05) is 0 Å². The predicted molar refractivity (Wildman–Crippen MR) is 21.1 cm³/mol. The molecule has 2 heteroatoms. The van der Waals surface area contributed by atoms with E-state index in [4.69, 9.17) is 0 Å². The molecule has 0 aromatic carbocycles. The van der Waals surface area contributed by atoms with E-state index in [9.17, 15) is 0 Å². The Morgan fingerprint density at radius 2 is 1.25 bits per heavy atom. The van der Waals surface area contributed by atoms with Crippen molar-refractivity contribution in [3.05, 3.63) is 0 Å². The van der Waals surface area contributed by atoms with Crippen LogP contribution in [0.5, 0.6) is 0 Å². The first-order chi connectivity index (χ1) is 1.91. The first kappa shape index (κ1) is 5.12. The summed E-state index contributed by atoms with van der Waals surface area (Å²) in [6, 6.07) is 0. The van der Waals surface area contributed by atoms with Gasteiger partial charge < -0.3 is 0 Å². The van der Waals surface area contributed by atoms with Gasteiger partial charge in [0.1, 0.15) is 0 Å². The van der Waals surface area contributed by atoms with Gasteiger partial charge in [-0.1, -0.05) is 0 Å². The molecule has 0 rings (SSSR count). The SMILES string of the molecule is [As]CC[As]. The van der Waals surface area contributed by atoms with E-state index >= 15 is 0 Å². The maximum absolute atomic E-state index is 2.52. The summed E-state index contributed by atoms with van der Waals surface area (Å²) in [6.45, 7) is 0. The van der Waals surface area contributed by atoms with Crippen molar-refractivity contribution in [3.8, 4) is 0 Å². The third-order valence-electron chi connectivity index (χ3n) is 0.1000. The standard InChI is InChI=1S/C2H4As2/c3-1-2-4/h1-2H2. The third kappa shape index (κ3) is 3.12. The first-order valence-corrected chi connectivity index (χ1v) is 3.79. The van der Waals surface area contributed by atoms with Crippen LogP contribution in [0.4, 0.5) is 0 Å². The van der Waals surface area contributed by atoms with Crippen LogP contribution in [0.2, 0.25) is 10.4 Å². The van der Waals surface area contributed by atoms with Crippen LogP contribution in [-0.4, -0.2) is 33.7 Å². The van der Waals surface area contributed by atoms with Crippen molar-refractivity contribution in [2.24, 2.45) is 0 Å². The van der Waals surface area contributed by atoms with Gasteiger partial charge in [0.25, 0.3) is 0 Å². The second-order valence-electron chi connectivity index (χ2n) is 0.447. The van der Waals surface area contributed by atoms with Crippen molar-refractivity contribution in [3.63, 3.8) is 0 Å². The molecule has 0 heterocycles. The molecule has 0 saturated heterocycles. The Kier molecular flexibility index (Phi) is 5.27. The van der Waals surface area contributed by atoms with Gasteiger partial charge in [-0.3, -0.25) is 0 Å². The van der Waals surface area contributed by atoms with Crippen molar-refractivity contribution >= 4 is 33.7 Å². The van der Waals surface area contributed by atoms with E-state index in [-0.39, 0.29) is 0 Å². The van der Waals surface area contributed by atoms with Gasteiger partial charge in [-0.15, -0.1) is 0 Å². The molecule has 0 aliphatic heterocycles. The molecule has 0 N–H and O–H groups in total. The van der Waals surface area contributed by atoms with E-state index in [1.54, 1.807) is 0 Å². The quantitative estimate of drug-likeness (QED) is 0.501. The molecule has 0 atom stereocenters. The van der Waals surface area contributed by atoms with E-state index in [0.717, 1.165) is 0 Å². The zero-order valence-corrected chi connectivity index (χ0v) is 6.06. The number of rotatable bonds is 1. The van der Waals surface area contributed by atoms with Crippen LogP contribution < -0.4 is 0 Å². The zero-order valence-electron chi connectivity index (χ0n) is 2.31. The van der Waals surface area contributed by atoms with E-state index in [1.165, 1.54) is 10.4 Å². The fourth-order valence-corrected chi connectivity index (χ4v) is 0. The molecule has 0 bridgehead atoms. The molecule has 0 fully saturated rings. The second-order valence-corrected chi connectivity index (χ2v) is 2.32. The fourth-order valence-electron chi connectivity index (χ4n) is 0. The molecule has 4 heavy (non-hydrogen) atoms. The van der Waals surface area contributed by atoms with Crippen molar-refractivity contribution < 1.29 is 0 Å². The van der Waals surface area contributed by atoms with Crippen LogP contribution >= 0.6 is 0 Å². The molecule has 0 unspecified atom stereocenters. The Bertz CT molecular complexity index is 6.00. The van der Waals surface area contributed by atoms with Gasteiger partial charge in [-0.2, -0.15) is 0 Å². The van der Waals surface area contributed by atoms with Crippen LogP contribution in [0.1, 0.15) is 0 Å². The van der Waals surface area contributed by atoms with Gasteiger partial charge >= 0.3 is 44.1 Å². The molecule has 0 saturated carbocycles. The van der Waals surface area contributed by atoms with Crippen LogP contribution in [0.25, 0.3) is 0 Å². The molecule has 0 nitrogen and oxygen atoms in total. The average Bonchev–Trinajstić information content (AvgIpc) is 1.37. The molecular formula is C2H4As2. The normalized spacial score (nSPS) is 7.50. The Labute approximate surface area is 44.3 Å². The molecule has 4 radical (unpaired) electrons. The monoisotopic (exact) mass is 178 g/mol. The van der Waals surface area contributed by atoms with Crippen molar-refractivity contribution in [2.45, 2.75) is 10.4 Å². The molecule has 0 amide bonds. The fraction of sp³-hybridized carbons (Fsp3) is 1.00. The minimum absolute atomic E-state index is 1.23. The average molecular weight is 178 g/mol.